The fraction of sp³-hybridized carbons (Fsp3) is 0.571. The van der Waals surface area contributed by atoms with Crippen LogP contribution in [0.5, 0.6) is 0 Å². The van der Waals surface area contributed by atoms with Crippen LogP contribution in [0.4, 0.5) is 0 Å². The Morgan fingerprint density at radius 2 is 1.87 bits per heavy atom. The van der Waals surface area contributed by atoms with Gasteiger partial charge in [0.1, 0.15) is 0 Å². The molecule has 1 heteroatoms. The highest BCUT2D eigenvalue weighted by Crippen LogP contribution is 2.15. The SMILES string of the molecule is Cc1ccc(CCCC(C)(C)N)c(C)c1. The van der Waals surface area contributed by atoms with Crippen molar-refractivity contribution in [1.29, 1.82) is 0 Å². The van der Waals surface area contributed by atoms with Crippen molar-refractivity contribution in [3.05, 3.63) is 34.9 Å². The van der Waals surface area contributed by atoms with Crippen molar-refractivity contribution in [3.8, 4) is 0 Å². The molecule has 0 unspecified atom stereocenters. The minimum atomic E-state index is -0.0292. The van der Waals surface area contributed by atoms with Crippen LogP contribution in [0.1, 0.15) is 43.4 Å². The van der Waals surface area contributed by atoms with E-state index < -0.39 is 0 Å². The lowest BCUT2D eigenvalue weighted by Crippen LogP contribution is -2.31. The Morgan fingerprint density at radius 1 is 1.20 bits per heavy atom. The zero-order valence-electron chi connectivity index (χ0n) is 10.4. The summed E-state index contributed by atoms with van der Waals surface area (Å²) in [7, 11) is 0. The summed E-state index contributed by atoms with van der Waals surface area (Å²) in [6, 6.07) is 6.69. The van der Waals surface area contributed by atoms with Gasteiger partial charge in [-0.25, -0.2) is 0 Å². The average Bonchev–Trinajstić information content (AvgIpc) is 2.07. The first-order valence-corrected chi connectivity index (χ1v) is 5.73. The number of benzene rings is 1. The molecule has 0 amide bonds. The minimum absolute atomic E-state index is 0.0292. The normalized spacial score (nSPS) is 11.8. The lowest BCUT2D eigenvalue weighted by molar-refractivity contribution is 0.459. The van der Waals surface area contributed by atoms with Crippen LogP contribution in [-0.4, -0.2) is 5.54 Å². The number of nitrogens with two attached hydrogens (primary N) is 1. The summed E-state index contributed by atoms with van der Waals surface area (Å²) in [5.41, 5.74) is 10.1. The van der Waals surface area contributed by atoms with E-state index in [0.29, 0.717) is 0 Å². The molecule has 0 aliphatic carbocycles. The van der Waals surface area contributed by atoms with Gasteiger partial charge in [-0.3, -0.25) is 0 Å². The Kier molecular flexibility index (Phi) is 3.92. The fourth-order valence-corrected chi connectivity index (χ4v) is 1.86. The molecule has 84 valence electrons. The molecule has 0 fully saturated rings. The number of hydrogen-bond donors (Lipinski definition) is 1. The maximum atomic E-state index is 5.96. The second-order valence-corrected chi connectivity index (χ2v) is 5.27. The van der Waals surface area contributed by atoms with Crippen LogP contribution in [0.3, 0.4) is 0 Å². The summed E-state index contributed by atoms with van der Waals surface area (Å²) >= 11 is 0. The molecule has 0 atom stereocenters. The van der Waals surface area contributed by atoms with Gasteiger partial charge in [-0.1, -0.05) is 23.8 Å². The van der Waals surface area contributed by atoms with Gasteiger partial charge in [-0.2, -0.15) is 0 Å². The third kappa shape index (κ3) is 4.48. The van der Waals surface area contributed by atoms with Gasteiger partial charge in [0.25, 0.3) is 0 Å². The quantitative estimate of drug-likeness (QED) is 0.801. The fourth-order valence-electron chi connectivity index (χ4n) is 1.86. The molecule has 0 radical (unpaired) electrons. The average molecular weight is 205 g/mol. The first kappa shape index (κ1) is 12.3. The van der Waals surface area contributed by atoms with Gasteiger partial charge in [-0.05, 0) is 58.1 Å². The molecule has 0 bridgehead atoms. The number of hydrogen-bond acceptors (Lipinski definition) is 1. The van der Waals surface area contributed by atoms with E-state index in [1.165, 1.54) is 23.1 Å². The molecular formula is C14H23N. The summed E-state index contributed by atoms with van der Waals surface area (Å²) in [6.07, 6.45) is 3.40. The summed E-state index contributed by atoms with van der Waals surface area (Å²) < 4.78 is 0. The lowest BCUT2D eigenvalue weighted by Gasteiger charge is -2.18. The van der Waals surface area contributed by atoms with E-state index >= 15 is 0 Å². The summed E-state index contributed by atoms with van der Waals surface area (Å²) in [5.74, 6) is 0. The largest absolute Gasteiger partial charge is 0.326 e. The Labute approximate surface area is 93.7 Å². The minimum Gasteiger partial charge on any atom is -0.326 e. The van der Waals surface area contributed by atoms with E-state index in [0.717, 1.165) is 12.8 Å². The van der Waals surface area contributed by atoms with Gasteiger partial charge in [-0.15, -0.1) is 0 Å². The lowest BCUT2D eigenvalue weighted by atomic mass is 9.95. The van der Waals surface area contributed by atoms with Crippen molar-refractivity contribution in [1.82, 2.24) is 0 Å². The third-order valence-corrected chi connectivity index (χ3v) is 2.77. The van der Waals surface area contributed by atoms with Gasteiger partial charge in [0.2, 0.25) is 0 Å². The molecule has 0 saturated carbocycles. The van der Waals surface area contributed by atoms with E-state index in [1.54, 1.807) is 0 Å². The highest BCUT2D eigenvalue weighted by molar-refractivity contribution is 5.30. The predicted octanol–water partition coefficient (Wildman–Crippen LogP) is 3.36. The van der Waals surface area contributed by atoms with Crippen LogP contribution in [0.15, 0.2) is 18.2 Å². The zero-order valence-corrected chi connectivity index (χ0v) is 10.4. The van der Waals surface area contributed by atoms with Gasteiger partial charge in [0, 0.05) is 5.54 Å². The standard InChI is InChI=1S/C14H23N/c1-11-7-8-13(12(2)10-11)6-5-9-14(3,4)15/h7-8,10H,5-6,9,15H2,1-4H3. The first-order valence-electron chi connectivity index (χ1n) is 5.73. The summed E-state index contributed by atoms with van der Waals surface area (Å²) in [4.78, 5) is 0. The first-order chi connectivity index (χ1) is 6.88. The van der Waals surface area contributed by atoms with E-state index in [4.69, 9.17) is 5.73 Å². The van der Waals surface area contributed by atoms with E-state index in [2.05, 4.69) is 45.9 Å². The number of aryl methyl sites for hydroxylation is 3. The van der Waals surface area contributed by atoms with Gasteiger partial charge >= 0.3 is 0 Å². The Hall–Kier alpha value is -0.820. The molecule has 0 heterocycles. The Bertz CT molecular complexity index is 321. The van der Waals surface area contributed by atoms with Crippen molar-refractivity contribution < 1.29 is 0 Å². The molecule has 0 aromatic heterocycles. The van der Waals surface area contributed by atoms with Gasteiger partial charge in [0.15, 0.2) is 0 Å². The maximum absolute atomic E-state index is 5.96. The molecular weight excluding hydrogens is 182 g/mol. The van der Waals surface area contributed by atoms with Crippen LogP contribution in [0.25, 0.3) is 0 Å². The molecule has 1 nitrogen and oxygen atoms in total. The zero-order chi connectivity index (χ0) is 11.5. The second-order valence-electron chi connectivity index (χ2n) is 5.27. The molecule has 0 spiro atoms. The summed E-state index contributed by atoms with van der Waals surface area (Å²) in [5, 5.41) is 0. The van der Waals surface area contributed by atoms with Gasteiger partial charge in [0.05, 0.1) is 0 Å². The van der Waals surface area contributed by atoms with Crippen LogP contribution in [0, 0.1) is 13.8 Å². The Balaban J connectivity index is 2.51. The van der Waals surface area contributed by atoms with Crippen LogP contribution in [0.2, 0.25) is 0 Å². The van der Waals surface area contributed by atoms with Crippen LogP contribution < -0.4 is 5.73 Å². The monoisotopic (exact) mass is 205 g/mol. The molecule has 0 aliphatic rings. The molecule has 1 rings (SSSR count). The highest BCUT2D eigenvalue weighted by Gasteiger charge is 2.09. The Morgan fingerprint density at radius 3 is 2.40 bits per heavy atom. The van der Waals surface area contributed by atoms with Crippen LogP contribution in [-0.2, 0) is 6.42 Å². The smallest absolute Gasteiger partial charge is 0.00971 e. The van der Waals surface area contributed by atoms with Crippen molar-refractivity contribution >= 4 is 0 Å². The van der Waals surface area contributed by atoms with Gasteiger partial charge < -0.3 is 5.73 Å². The number of rotatable bonds is 4. The predicted molar refractivity (Wildman–Crippen MR) is 67.1 cm³/mol. The topological polar surface area (TPSA) is 26.0 Å². The third-order valence-electron chi connectivity index (χ3n) is 2.77. The second kappa shape index (κ2) is 4.80. The van der Waals surface area contributed by atoms with E-state index in [9.17, 15) is 0 Å². The maximum Gasteiger partial charge on any atom is 0.00971 e. The van der Waals surface area contributed by atoms with E-state index in [1.807, 2.05) is 0 Å². The van der Waals surface area contributed by atoms with Crippen molar-refractivity contribution in [2.24, 2.45) is 5.73 Å². The van der Waals surface area contributed by atoms with E-state index in [-0.39, 0.29) is 5.54 Å². The molecule has 1 aromatic rings. The van der Waals surface area contributed by atoms with Crippen molar-refractivity contribution in [2.45, 2.75) is 52.5 Å². The van der Waals surface area contributed by atoms with Crippen molar-refractivity contribution in [3.63, 3.8) is 0 Å². The molecule has 0 aliphatic heterocycles. The molecule has 2 N–H and O–H groups in total. The highest BCUT2D eigenvalue weighted by atomic mass is 14.7. The van der Waals surface area contributed by atoms with Crippen LogP contribution >= 0.6 is 0 Å². The molecule has 1 aromatic carbocycles. The van der Waals surface area contributed by atoms with Crippen molar-refractivity contribution in [2.75, 3.05) is 0 Å². The molecule has 15 heavy (non-hydrogen) atoms. The molecule has 0 saturated heterocycles. The summed E-state index contributed by atoms with van der Waals surface area (Å²) in [6.45, 7) is 8.51.